The summed E-state index contributed by atoms with van der Waals surface area (Å²) in [4.78, 5) is 22.0. The van der Waals surface area contributed by atoms with E-state index in [4.69, 9.17) is 34.6 Å². The first-order chi connectivity index (χ1) is 8.95. The fourth-order valence-electron chi connectivity index (χ4n) is 0.680. The maximum absolute atomic E-state index is 10.0. The van der Waals surface area contributed by atoms with Crippen molar-refractivity contribution in [2.75, 3.05) is 6.54 Å². The molecule has 12 heteroatoms. The summed E-state index contributed by atoms with van der Waals surface area (Å²) in [5, 5.41) is 19.3. The van der Waals surface area contributed by atoms with E-state index in [0.717, 1.165) is 12.8 Å². The Balaban J connectivity index is -0.0000000726. The van der Waals surface area contributed by atoms with E-state index in [9.17, 15) is 9.59 Å². The van der Waals surface area contributed by atoms with Gasteiger partial charge >= 0.3 is 47.3 Å². The van der Waals surface area contributed by atoms with E-state index < -0.39 is 28.4 Å². The molecule has 0 heterocycles. The Morgan fingerprint density at radius 1 is 1.14 bits per heavy atom. The van der Waals surface area contributed by atoms with Crippen LogP contribution in [0.15, 0.2) is 5.11 Å². The molecule has 0 aliphatic heterocycles. The number of nitrogens with zero attached hydrogens (tertiary/aromatic N) is 3. The fraction of sp³-hybridized carbons (Fsp3) is 0.778. The monoisotopic (exact) mass is 528 g/mol. The average molecular weight is 529 g/mol. The van der Waals surface area contributed by atoms with Gasteiger partial charge in [-0.1, -0.05) is 18.5 Å². The number of unbranched alkanes of at least 4 members (excludes halogenated alkanes) is 2. The molecule has 0 bridgehead atoms. The molecule has 0 aliphatic carbocycles. The van der Waals surface area contributed by atoms with Gasteiger partial charge in [0.25, 0.3) is 0 Å². The standard InChI is InChI=1S/C6H11N3O2.C3H6O2.2ClH.2H2N.Pt/c7-9-8-5-3-1-2-4-6(10)11;1-2-3(4)5;;;;;/h1-5H2,(H,10,11);2H2,1H3,(H,4,5);2*1H;2*1H2;/q;;;;2*-1;+4/p-2. The number of azide groups is 1. The molecule has 0 unspecified atom stereocenters. The summed E-state index contributed by atoms with van der Waals surface area (Å²) in [6.45, 7) is 2.07. The number of aliphatic carboxylic acids is 2. The van der Waals surface area contributed by atoms with Crippen LogP contribution in [-0.4, -0.2) is 28.7 Å². The summed E-state index contributed by atoms with van der Waals surface area (Å²) < 4.78 is 0. The Morgan fingerprint density at radius 3 is 1.86 bits per heavy atom. The minimum absolute atomic E-state index is 0. The van der Waals surface area contributed by atoms with Gasteiger partial charge in [-0.15, -0.1) is 0 Å². The summed E-state index contributed by atoms with van der Waals surface area (Å²) in [5.74, 6) is -1.52. The topological polar surface area (TPSA) is 190 Å². The average Bonchev–Trinajstić information content (AvgIpc) is 2.35. The second-order valence-electron chi connectivity index (χ2n) is 2.95. The van der Waals surface area contributed by atoms with Crippen LogP contribution in [0.1, 0.15) is 39.0 Å². The van der Waals surface area contributed by atoms with Crippen LogP contribution in [0.3, 0.4) is 0 Å². The molecule has 0 aromatic heterocycles. The third kappa shape index (κ3) is 66.4. The summed E-state index contributed by atoms with van der Waals surface area (Å²) in [5.41, 5.74) is 7.88. The molecule has 6 N–H and O–H groups in total. The van der Waals surface area contributed by atoms with E-state index in [2.05, 4.69) is 10.0 Å². The van der Waals surface area contributed by atoms with Crippen LogP contribution in [0.2, 0.25) is 0 Å². The second-order valence-corrected chi connectivity index (χ2v) is 6.23. The molecule has 0 aromatic rings. The van der Waals surface area contributed by atoms with Crippen molar-refractivity contribution in [1.29, 1.82) is 0 Å². The molecule has 0 atom stereocenters. The van der Waals surface area contributed by atoms with Crippen LogP contribution in [0.5, 0.6) is 0 Å². The largest absolute Gasteiger partial charge is 0.693 e. The first-order valence-corrected chi connectivity index (χ1v) is 10.9. The van der Waals surface area contributed by atoms with Crippen molar-refractivity contribution in [3.05, 3.63) is 22.7 Å². The molecule has 130 valence electrons. The molecule has 0 fully saturated rings. The number of carbonyl (C=O) groups is 2. The van der Waals surface area contributed by atoms with Crippen molar-refractivity contribution in [1.82, 2.24) is 0 Å². The zero-order chi connectivity index (χ0) is 15.5. The quantitative estimate of drug-likeness (QED) is 0.198. The number of carboxylic acid groups (broad SMARTS) is 2. The molecule has 21 heavy (non-hydrogen) atoms. The van der Waals surface area contributed by atoms with Crippen LogP contribution >= 0.6 is 18.8 Å². The predicted molar refractivity (Wildman–Crippen MR) is 80.3 cm³/mol. The number of hydrogen-bond donors (Lipinski definition) is 2. The Kier molecular flexibility index (Phi) is 48.9. The SMILES string of the molecule is CCC(=O)O.[Cl][Pt+2][Cl].[N-]=[N+]=NCCCCCC(=O)O.[NH2-].[NH2-]. The maximum Gasteiger partial charge on any atom is 0.303 e. The Hall–Kier alpha value is -0.562. The Labute approximate surface area is 140 Å². The van der Waals surface area contributed by atoms with Gasteiger partial charge in [0.1, 0.15) is 0 Å². The van der Waals surface area contributed by atoms with Crippen LogP contribution in [0, 0.1) is 0 Å². The van der Waals surface area contributed by atoms with Crippen LogP contribution in [-0.2, 0) is 26.1 Å². The summed E-state index contributed by atoms with van der Waals surface area (Å²) in [7, 11) is 9.75. The first-order valence-electron chi connectivity index (χ1n) is 5.22. The van der Waals surface area contributed by atoms with Gasteiger partial charge < -0.3 is 22.5 Å². The number of halogens is 2. The van der Waals surface area contributed by atoms with Gasteiger partial charge in [-0.25, -0.2) is 0 Å². The molecule has 0 amide bonds. The van der Waals surface area contributed by atoms with Gasteiger partial charge in [0.2, 0.25) is 0 Å². The van der Waals surface area contributed by atoms with Crippen molar-refractivity contribution in [2.45, 2.75) is 39.0 Å². The van der Waals surface area contributed by atoms with Gasteiger partial charge in [0, 0.05) is 24.3 Å². The van der Waals surface area contributed by atoms with Crippen molar-refractivity contribution in [2.24, 2.45) is 5.11 Å². The Bertz CT molecular complexity index is 277. The van der Waals surface area contributed by atoms with Crippen LogP contribution in [0.25, 0.3) is 22.7 Å². The Morgan fingerprint density at radius 2 is 1.57 bits per heavy atom. The molecule has 0 aliphatic rings. The van der Waals surface area contributed by atoms with E-state index in [0.29, 0.717) is 13.0 Å². The van der Waals surface area contributed by atoms with Crippen molar-refractivity contribution in [3.8, 4) is 0 Å². The van der Waals surface area contributed by atoms with Crippen LogP contribution in [0.4, 0.5) is 0 Å². The number of hydrogen-bond acceptors (Lipinski definition) is 3. The van der Waals surface area contributed by atoms with Gasteiger partial charge in [0.05, 0.1) is 0 Å². The van der Waals surface area contributed by atoms with Crippen molar-refractivity contribution in [3.63, 3.8) is 0 Å². The summed E-state index contributed by atoms with van der Waals surface area (Å²) in [6.07, 6.45) is 2.68. The molecule has 0 saturated heterocycles. The minimum Gasteiger partial charge on any atom is -0.693 e. The van der Waals surface area contributed by atoms with E-state index in [1.54, 1.807) is 6.92 Å². The molecule has 0 spiro atoms. The van der Waals surface area contributed by atoms with E-state index >= 15 is 0 Å². The van der Waals surface area contributed by atoms with E-state index in [1.807, 2.05) is 0 Å². The third-order valence-electron chi connectivity index (χ3n) is 1.51. The molecule has 0 aromatic carbocycles. The maximum atomic E-state index is 10.0. The minimum atomic E-state index is -0.770. The number of nitrogens with two attached hydrogens (primary N) is 2. The molecule has 9 nitrogen and oxygen atoms in total. The summed E-state index contributed by atoms with van der Waals surface area (Å²) >= 11 is -0.472. The molecule has 0 saturated carbocycles. The van der Waals surface area contributed by atoms with E-state index in [-0.39, 0.29) is 25.1 Å². The third-order valence-corrected chi connectivity index (χ3v) is 1.51. The molecule has 0 radical (unpaired) electrons. The predicted octanol–water partition coefficient (Wildman–Crippen LogP) is 5.23. The molecular formula is C9H21Cl2N5O4Pt. The number of carboxylic acids is 2. The second kappa shape index (κ2) is 31.7. The van der Waals surface area contributed by atoms with Crippen LogP contribution < -0.4 is 0 Å². The fourth-order valence-corrected chi connectivity index (χ4v) is 0.680. The van der Waals surface area contributed by atoms with E-state index in [1.165, 1.54) is 0 Å². The van der Waals surface area contributed by atoms with Gasteiger partial charge in [-0.2, -0.15) is 0 Å². The molecular weight excluding hydrogens is 508 g/mol. The summed E-state index contributed by atoms with van der Waals surface area (Å²) in [6, 6.07) is 0. The smallest absolute Gasteiger partial charge is 0.303 e. The zero-order valence-corrected chi connectivity index (χ0v) is 15.3. The van der Waals surface area contributed by atoms with Crippen molar-refractivity contribution >= 4 is 30.8 Å². The first kappa shape index (κ1) is 32.4. The zero-order valence-electron chi connectivity index (χ0n) is 11.5. The van der Waals surface area contributed by atoms with Gasteiger partial charge in [-0.3, -0.25) is 9.59 Å². The number of rotatable bonds is 7. The van der Waals surface area contributed by atoms with Gasteiger partial charge in [-0.05, 0) is 18.4 Å². The normalized spacial score (nSPS) is 7.38. The molecule has 0 rings (SSSR count). The van der Waals surface area contributed by atoms with Gasteiger partial charge in [0.15, 0.2) is 0 Å². The van der Waals surface area contributed by atoms with Crippen molar-refractivity contribution < 1.29 is 36.3 Å².